The van der Waals surface area contributed by atoms with Crippen LogP contribution in [-0.2, 0) is 0 Å². The predicted octanol–water partition coefficient (Wildman–Crippen LogP) is 3.60. The molecule has 22 heavy (non-hydrogen) atoms. The van der Waals surface area contributed by atoms with E-state index in [2.05, 4.69) is 37.2 Å². The Kier molecular flexibility index (Phi) is 3.48. The van der Waals surface area contributed by atoms with Crippen LogP contribution in [0.3, 0.4) is 0 Å². The van der Waals surface area contributed by atoms with E-state index in [1.807, 2.05) is 30.3 Å². The fourth-order valence-electron chi connectivity index (χ4n) is 3.17. The lowest BCUT2D eigenvalue weighted by atomic mass is 10.1. The van der Waals surface area contributed by atoms with Gasteiger partial charge in [0.1, 0.15) is 17.8 Å². The quantitative estimate of drug-likeness (QED) is 0.523. The van der Waals surface area contributed by atoms with E-state index in [9.17, 15) is 0 Å². The third-order valence-electron chi connectivity index (χ3n) is 4.25. The lowest BCUT2D eigenvalue weighted by Crippen LogP contribution is -2.08. The van der Waals surface area contributed by atoms with E-state index in [-0.39, 0.29) is 0 Å². The minimum atomic E-state index is 0.399. The molecule has 0 saturated heterocycles. The Morgan fingerprint density at radius 2 is 1.95 bits per heavy atom. The van der Waals surface area contributed by atoms with Crippen LogP contribution in [0.25, 0.3) is 22.3 Å². The standard InChI is InChI=1S/C16H16IN5/c17-11-6-7-12(8-11)22-16-13(15(18)19-9-20-16)14(21-22)10-4-2-1-3-5-10/h1-5,9,11-12H,6-8H2,(H2,18,19,20). The lowest BCUT2D eigenvalue weighted by Gasteiger charge is -2.10. The molecule has 5 nitrogen and oxygen atoms in total. The number of hydrogen-bond acceptors (Lipinski definition) is 4. The van der Waals surface area contributed by atoms with Crippen molar-refractivity contribution in [3.63, 3.8) is 0 Å². The highest BCUT2D eigenvalue weighted by Crippen LogP contribution is 2.38. The van der Waals surface area contributed by atoms with Crippen molar-refractivity contribution in [2.24, 2.45) is 0 Å². The number of halogens is 1. The zero-order valence-electron chi connectivity index (χ0n) is 12.0. The van der Waals surface area contributed by atoms with Crippen LogP contribution in [0.5, 0.6) is 0 Å². The molecule has 1 aliphatic rings. The Morgan fingerprint density at radius 1 is 1.14 bits per heavy atom. The molecule has 0 aliphatic heterocycles. The molecule has 1 aliphatic carbocycles. The van der Waals surface area contributed by atoms with Crippen molar-refractivity contribution in [1.82, 2.24) is 19.7 Å². The van der Waals surface area contributed by atoms with Crippen LogP contribution in [0.1, 0.15) is 25.3 Å². The van der Waals surface area contributed by atoms with Gasteiger partial charge in [-0.1, -0.05) is 52.9 Å². The number of benzene rings is 1. The summed E-state index contributed by atoms with van der Waals surface area (Å²) in [7, 11) is 0. The first-order valence-corrected chi connectivity index (χ1v) is 8.67. The van der Waals surface area contributed by atoms with Crippen molar-refractivity contribution in [3.05, 3.63) is 36.7 Å². The molecule has 4 rings (SSSR count). The summed E-state index contributed by atoms with van der Waals surface area (Å²) in [5, 5.41) is 5.73. The van der Waals surface area contributed by atoms with Gasteiger partial charge in [-0.05, 0) is 19.3 Å². The number of nitrogens with two attached hydrogens (primary N) is 1. The maximum atomic E-state index is 6.13. The number of aromatic nitrogens is 4. The van der Waals surface area contributed by atoms with Gasteiger partial charge in [0.2, 0.25) is 0 Å². The van der Waals surface area contributed by atoms with Crippen molar-refractivity contribution in [2.75, 3.05) is 5.73 Å². The third kappa shape index (κ3) is 2.25. The highest BCUT2D eigenvalue weighted by molar-refractivity contribution is 14.1. The molecule has 3 aromatic rings. The largest absolute Gasteiger partial charge is 0.383 e. The van der Waals surface area contributed by atoms with Gasteiger partial charge in [-0.15, -0.1) is 0 Å². The van der Waals surface area contributed by atoms with E-state index in [0.717, 1.165) is 35.1 Å². The van der Waals surface area contributed by atoms with E-state index in [1.165, 1.54) is 12.7 Å². The molecule has 1 fully saturated rings. The van der Waals surface area contributed by atoms with Gasteiger partial charge in [0, 0.05) is 9.49 Å². The van der Waals surface area contributed by atoms with Crippen LogP contribution < -0.4 is 5.73 Å². The van der Waals surface area contributed by atoms with Gasteiger partial charge in [0.05, 0.1) is 11.4 Å². The Morgan fingerprint density at radius 3 is 2.68 bits per heavy atom. The van der Waals surface area contributed by atoms with E-state index in [0.29, 0.717) is 15.8 Å². The Balaban J connectivity index is 1.94. The zero-order valence-corrected chi connectivity index (χ0v) is 14.1. The molecule has 0 radical (unpaired) electrons. The predicted molar refractivity (Wildman–Crippen MR) is 95.9 cm³/mol. The average Bonchev–Trinajstić information content (AvgIpc) is 3.13. The number of anilines is 1. The summed E-state index contributed by atoms with van der Waals surface area (Å²) in [6.07, 6.45) is 5.03. The van der Waals surface area contributed by atoms with Gasteiger partial charge in [0.15, 0.2) is 5.65 Å². The van der Waals surface area contributed by atoms with Crippen molar-refractivity contribution >= 4 is 39.4 Å². The maximum Gasteiger partial charge on any atom is 0.164 e. The fourth-order valence-corrected chi connectivity index (χ4v) is 4.12. The molecule has 2 aromatic heterocycles. The number of alkyl halides is 1. The third-order valence-corrected chi connectivity index (χ3v) is 5.38. The molecule has 2 heterocycles. The number of fused-ring (bicyclic) bond motifs is 1. The summed E-state index contributed by atoms with van der Waals surface area (Å²) < 4.78 is 2.77. The Labute approximate surface area is 142 Å². The molecule has 0 bridgehead atoms. The van der Waals surface area contributed by atoms with Gasteiger partial charge in [0.25, 0.3) is 0 Å². The minimum absolute atomic E-state index is 0.399. The van der Waals surface area contributed by atoms with Crippen molar-refractivity contribution in [1.29, 1.82) is 0 Å². The summed E-state index contributed by atoms with van der Waals surface area (Å²) >= 11 is 2.52. The van der Waals surface area contributed by atoms with Crippen LogP contribution in [0.4, 0.5) is 5.82 Å². The second kappa shape index (κ2) is 5.49. The zero-order chi connectivity index (χ0) is 15.1. The number of rotatable bonds is 2. The molecular formula is C16H16IN5. The van der Waals surface area contributed by atoms with Crippen LogP contribution in [0, 0.1) is 0 Å². The number of nitrogens with zero attached hydrogens (tertiary/aromatic N) is 4. The number of hydrogen-bond donors (Lipinski definition) is 1. The van der Waals surface area contributed by atoms with Crippen molar-refractivity contribution in [3.8, 4) is 11.3 Å². The highest BCUT2D eigenvalue weighted by atomic mass is 127. The highest BCUT2D eigenvalue weighted by Gasteiger charge is 2.28. The fraction of sp³-hybridized carbons (Fsp3) is 0.312. The molecule has 2 N–H and O–H groups in total. The monoisotopic (exact) mass is 405 g/mol. The molecule has 2 atom stereocenters. The molecule has 1 saturated carbocycles. The second-order valence-corrected chi connectivity index (χ2v) is 7.44. The van der Waals surface area contributed by atoms with E-state index >= 15 is 0 Å². The summed E-state index contributed by atoms with van der Waals surface area (Å²) in [6, 6.07) is 10.5. The van der Waals surface area contributed by atoms with Gasteiger partial charge in [-0.25, -0.2) is 14.6 Å². The first-order chi connectivity index (χ1) is 10.7. The summed E-state index contributed by atoms with van der Waals surface area (Å²) in [5.74, 6) is 0.499. The topological polar surface area (TPSA) is 69.6 Å². The van der Waals surface area contributed by atoms with E-state index in [4.69, 9.17) is 10.8 Å². The summed E-state index contributed by atoms with van der Waals surface area (Å²) in [4.78, 5) is 8.62. The van der Waals surface area contributed by atoms with Crippen molar-refractivity contribution in [2.45, 2.75) is 29.2 Å². The van der Waals surface area contributed by atoms with Gasteiger partial charge < -0.3 is 5.73 Å². The molecule has 1 aromatic carbocycles. The van der Waals surface area contributed by atoms with Crippen LogP contribution in [0.15, 0.2) is 36.7 Å². The Hall–Kier alpha value is -1.70. The van der Waals surface area contributed by atoms with E-state index < -0.39 is 0 Å². The van der Waals surface area contributed by atoms with Crippen LogP contribution in [-0.4, -0.2) is 23.7 Å². The minimum Gasteiger partial charge on any atom is -0.383 e. The smallest absolute Gasteiger partial charge is 0.164 e. The maximum absolute atomic E-state index is 6.13. The molecular weight excluding hydrogens is 389 g/mol. The number of nitrogen functional groups attached to an aromatic ring is 1. The first-order valence-electron chi connectivity index (χ1n) is 7.42. The van der Waals surface area contributed by atoms with Gasteiger partial charge in [-0.2, -0.15) is 5.10 Å². The summed E-state index contributed by atoms with van der Waals surface area (Å²) in [6.45, 7) is 0. The van der Waals surface area contributed by atoms with Crippen molar-refractivity contribution < 1.29 is 0 Å². The van der Waals surface area contributed by atoms with E-state index in [1.54, 1.807) is 0 Å². The normalized spacial score (nSPS) is 21.5. The van der Waals surface area contributed by atoms with Crippen LogP contribution in [0.2, 0.25) is 0 Å². The second-order valence-electron chi connectivity index (χ2n) is 5.68. The lowest BCUT2D eigenvalue weighted by molar-refractivity contribution is 0.481. The average molecular weight is 405 g/mol. The molecule has 0 amide bonds. The van der Waals surface area contributed by atoms with Crippen LogP contribution >= 0.6 is 22.6 Å². The molecule has 6 heteroatoms. The van der Waals surface area contributed by atoms with Gasteiger partial charge >= 0.3 is 0 Å². The van der Waals surface area contributed by atoms with Gasteiger partial charge in [-0.3, -0.25) is 0 Å². The Bertz CT molecular complexity index is 814. The molecule has 0 spiro atoms. The first kappa shape index (κ1) is 13.9. The SMILES string of the molecule is Nc1ncnc2c1c(-c1ccccc1)nn2C1CCC(I)C1. The summed E-state index contributed by atoms with van der Waals surface area (Å²) in [5.41, 5.74) is 8.91. The molecule has 112 valence electrons. The molecule has 2 unspecified atom stereocenters.